The van der Waals surface area contributed by atoms with Crippen LogP contribution in [0.1, 0.15) is 24.3 Å². The van der Waals surface area contributed by atoms with Crippen LogP contribution in [0.25, 0.3) is 0 Å². The highest BCUT2D eigenvalue weighted by molar-refractivity contribution is 5.72. The quantitative estimate of drug-likeness (QED) is 0.744. The molecule has 5 heteroatoms. The number of nitrogens with zero attached hydrogens (tertiary/aromatic N) is 2. The van der Waals surface area contributed by atoms with Crippen LogP contribution in [0.2, 0.25) is 0 Å². The molecule has 17 heavy (non-hydrogen) atoms. The number of rotatable bonds is 3. The lowest BCUT2D eigenvalue weighted by molar-refractivity contribution is -0.147. The Balaban J connectivity index is 1.91. The molecule has 1 fully saturated rings. The van der Waals surface area contributed by atoms with Gasteiger partial charge in [-0.2, -0.15) is 0 Å². The zero-order valence-corrected chi connectivity index (χ0v) is 10.3. The van der Waals surface area contributed by atoms with Crippen molar-refractivity contribution in [1.29, 1.82) is 0 Å². The second-order valence-electron chi connectivity index (χ2n) is 4.53. The summed E-state index contributed by atoms with van der Waals surface area (Å²) in [6, 6.07) is 1.93. The number of hydrogen-bond donors (Lipinski definition) is 0. The van der Waals surface area contributed by atoms with Crippen LogP contribution in [0.4, 0.5) is 0 Å². The number of carbonyl (C=O) groups is 1. The smallest absolute Gasteiger partial charge is 0.309 e. The fraction of sp³-hybridized carbons (Fsp3) is 0.667. The van der Waals surface area contributed by atoms with Gasteiger partial charge in [-0.25, -0.2) is 0 Å². The molecule has 0 amide bonds. The van der Waals surface area contributed by atoms with Crippen LogP contribution in [0, 0.1) is 12.8 Å². The average Bonchev–Trinajstić information content (AvgIpc) is 2.74. The van der Waals surface area contributed by atoms with Gasteiger partial charge in [-0.1, -0.05) is 5.16 Å². The third-order valence-corrected chi connectivity index (χ3v) is 3.10. The lowest BCUT2D eigenvalue weighted by atomic mass is 9.98. The summed E-state index contributed by atoms with van der Waals surface area (Å²) in [4.78, 5) is 13.7. The monoisotopic (exact) mass is 238 g/mol. The topological polar surface area (TPSA) is 55.6 Å². The van der Waals surface area contributed by atoms with Gasteiger partial charge >= 0.3 is 5.97 Å². The molecule has 5 nitrogen and oxygen atoms in total. The highest BCUT2D eigenvalue weighted by Crippen LogP contribution is 2.19. The first-order valence-corrected chi connectivity index (χ1v) is 5.91. The molecule has 1 aliphatic rings. The van der Waals surface area contributed by atoms with Crippen LogP contribution >= 0.6 is 0 Å². The third kappa shape index (κ3) is 3.06. The van der Waals surface area contributed by atoms with Gasteiger partial charge in [0.2, 0.25) is 0 Å². The van der Waals surface area contributed by atoms with E-state index in [1.54, 1.807) is 0 Å². The van der Waals surface area contributed by atoms with Gasteiger partial charge in [0, 0.05) is 12.6 Å². The number of esters is 1. The van der Waals surface area contributed by atoms with Crippen molar-refractivity contribution in [3.05, 3.63) is 17.5 Å². The fourth-order valence-corrected chi connectivity index (χ4v) is 2.27. The van der Waals surface area contributed by atoms with Gasteiger partial charge in [-0.3, -0.25) is 9.69 Å². The summed E-state index contributed by atoms with van der Waals surface area (Å²) in [5, 5.41) is 3.86. The lowest BCUT2D eigenvalue weighted by Gasteiger charge is -2.30. The Labute approximate surface area is 101 Å². The minimum absolute atomic E-state index is 0.00207. The molecular formula is C12H18N2O3. The SMILES string of the molecule is COC(=O)[C@H]1CCCN(Cc2cc(C)no2)C1. The van der Waals surface area contributed by atoms with Crippen molar-refractivity contribution in [2.24, 2.45) is 5.92 Å². The van der Waals surface area contributed by atoms with Crippen molar-refractivity contribution >= 4 is 5.97 Å². The van der Waals surface area contributed by atoms with Gasteiger partial charge in [0.05, 0.1) is 25.3 Å². The van der Waals surface area contributed by atoms with Crippen LogP contribution < -0.4 is 0 Å². The number of carbonyl (C=O) groups excluding carboxylic acids is 1. The normalized spacial score (nSPS) is 21.4. The molecule has 94 valence electrons. The number of likely N-dealkylation sites (tertiary alicyclic amines) is 1. The van der Waals surface area contributed by atoms with Gasteiger partial charge in [0.25, 0.3) is 0 Å². The average molecular weight is 238 g/mol. The molecule has 0 N–H and O–H groups in total. The molecule has 0 unspecified atom stereocenters. The van der Waals surface area contributed by atoms with E-state index in [4.69, 9.17) is 9.26 Å². The molecule has 0 radical (unpaired) electrons. The Morgan fingerprint density at radius 2 is 2.53 bits per heavy atom. The molecule has 1 aromatic rings. The zero-order valence-electron chi connectivity index (χ0n) is 10.3. The number of aromatic nitrogens is 1. The molecule has 0 spiro atoms. The molecular weight excluding hydrogens is 220 g/mol. The number of aryl methyl sites for hydroxylation is 1. The van der Waals surface area contributed by atoms with E-state index < -0.39 is 0 Å². The predicted octanol–water partition coefficient (Wildman–Crippen LogP) is 1.37. The first-order valence-electron chi connectivity index (χ1n) is 5.91. The van der Waals surface area contributed by atoms with Crippen molar-refractivity contribution in [2.45, 2.75) is 26.3 Å². The van der Waals surface area contributed by atoms with Crippen molar-refractivity contribution in [2.75, 3.05) is 20.2 Å². The van der Waals surface area contributed by atoms with E-state index in [1.807, 2.05) is 13.0 Å². The van der Waals surface area contributed by atoms with Crippen LogP contribution in [0.5, 0.6) is 0 Å². The molecule has 0 saturated carbocycles. The number of methoxy groups -OCH3 is 1. The fourth-order valence-electron chi connectivity index (χ4n) is 2.27. The second kappa shape index (κ2) is 5.31. The number of piperidine rings is 1. The maximum absolute atomic E-state index is 11.5. The second-order valence-corrected chi connectivity index (χ2v) is 4.53. The first kappa shape index (κ1) is 12.1. The standard InChI is InChI=1S/C12H18N2O3/c1-9-6-11(17-13-9)8-14-5-3-4-10(7-14)12(15)16-2/h6,10H,3-5,7-8H2,1-2H3/t10-/m0/s1. The summed E-state index contributed by atoms with van der Waals surface area (Å²) in [5.74, 6) is 0.745. The van der Waals surface area contributed by atoms with E-state index in [1.165, 1.54) is 7.11 Å². The molecule has 1 atom stereocenters. The van der Waals surface area contributed by atoms with E-state index in [2.05, 4.69) is 10.1 Å². The van der Waals surface area contributed by atoms with Gasteiger partial charge in [-0.15, -0.1) is 0 Å². The number of ether oxygens (including phenoxy) is 1. The summed E-state index contributed by atoms with van der Waals surface area (Å²) in [5.41, 5.74) is 0.890. The molecule has 1 saturated heterocycles. The van der Waals surface area contributed by atoms with Crippen molar-refractivity contribution in [3.8, 4) is 0 Å². The van der Waals surface area contributed by atoms with Crippen LogP contribution in [0.3, 0.4) is 0 Å². The Morgan fingerprint density at radius 1 is 1.71 bits per heavy atom. The lowest BCUT2D eigenvalue weighted by Crippen LogP contribution is -2.38. The van der Waals surface area contributed by atoms with Gasteiger partial charge in [-0.05, 0) is 26.3 Å². The van der Waals surface area contributed by atoms with Crippen molar-refractivity contribution in [1.82, 2.24) is 10.1 Å². The summed E-state index contributed by atoms with van der Waals surface area (Å²) in [6.07, 6.45) is 1.94. The van der Waals surface area contributed by atoms with E-state index in [0.29, 0.717) is 6.54 Å². The Morgan fingerprint density at radius 3 is 3.18 bits per heavy atom. The zero-order chi connectivity index (χ0) is 12.3. The molecule has 2 rings (SSSR count). The molecule has 0 aromatic carbocycles. The van der Waals surface area contributed by atoms with E-state index in [0.717, 1.165) is 37.4 Å². The Hall–Kier alpha value is -1.36. The van der Waals surface area contributed by atoms with Crippen LogP contribution in [-0.4, -0.2) is 36.2 Å². The van der Waals surface area contributed by atoms with E-state index >= 15 is 0 Å². The number of hydrogen-bond acceptors (Lipinski definition) is 5. The van der Waals surface area contributed by atoms with Gasteiger partial charge < -0.3 is 9.26 Å². The minimum Gasteiger partial charge on any atom is -0.469 e. The van der Waals surface area contributed by atoms with E-state index in [9.17, 15) is 4.79 Å². The highest BCUT2D eigenvalue weighted by Gasteiger charge is 2.26. The minimum atomic E-state index is -0.108. The Kier molecular flexibility index (Phi) is 3.78. The predicted molar refractivity (Wildman–Crippen MR) is 61.3 cm³/mol. The molecule has 1 aliphatic heterocycles. The van der Waals surface area contributed by atoms with Gasteiger partial charge in [0.15, 0.2) is 5.76 Å². The van der Waals surface area contributed by atoms with Crippen LogP contribution in [0.15, 0.2) is 10.6 Å². The maximum Gasteiger partial charge on any atom is 0.309 e. The van der Waals surface area contributed by atoms with Crippen molar-refractivity contribution < 1.29 is 14.1 Å². The molecule has 0 aliphatic carbocycles. The highest BCUT2D eigenvalue weighted by atomic mass is 16.5. The summed E-state index contributed by atoms with van der Waals surface area (Å²) >= 11 is 0. The van der Waals surface area contributed by atoms with Crippen molar-refractivity contribution in [3.63, 3.8) is 0 Å². The van der Waals surface area contributed by atoms with Crippen LogP contribution in [-0.2, 0) is 16.1 Å². The molecule has 0 bridgehead atoms. The summed E-state index contributed by atoms with van der Waals surface area (Å²) in [7, 11) is 1.45. The molecule has 1 aromatic heterocycles. The molecule has 2 heterocycles. The Bertz CT molecular complexity index is 389. The summed E-state index contributed by atoms with van der Waals surface area (Å²) in [6.45, 7) is 4.36. The summed E-state index contributed by atoms with van der Waals surface area (Å²) < 4.78 is 9.97. The van der Waals surface area contributed by atoms with E-state index in [-0.39, 0.29) is 11.9 Å². The first-order chi connectivity index (χ1) is 8.19. The van der Waals surface area contributed by atoms with Gasteiger partial charge in [0.1, 0.15) is 0 Å². The maximum atomic E-state index is 11.5. The third-order valence-electron chi connectivity index (χ3n) is 3.10. The largest absolute Gasteiger partial charge is 0.469 e.